The van der Waals surface area contributed by atoms with Crippen LogP contribution in [0.4, 0.5) is 11.6 Å². The Balaban J connectivity index is 1.32. The average Bonchev–Trinajstić information content (AvgIpc) is 3.29. The third kappa shape index (κ3) is 6.53. The maximum atomic E-state index is 6.29. The molecule has 0 spiro atoms. The molecule has 5 aromatic rings. The van der Waals surface area contributed by atoms with E-state index in [4.69, 9.17) is 37.7 Å². The van der Waals surface area contributed by atoms with Crippen molar-refractivity contribution in [1.82, 2.24) is 15.0 Å². The molecular weight excluding hydrogens is 531 g/mol. The smallest absolute Gasteiger partial charge is 0.243 e. The Bertz CT molecular complexity index is 1590. The van der Waals surface area contributed by atoms with Crippen molar-refractivity contribution in [2.24, 2.45) is 0 Å². The van der Waals surface area contributed by atoms with Gasteiger partial charge in [0.1, 0.15) is 11.4 Å². The molecule has 0 bridgehead atoms. The van der Waals surface area contributed by atoms with Crippen molar-refractivity contribution in [1.29, 1.82) is 0 Å². The first-order chi connectivity index (χ1) is 18.7. The molecule has 0 saturated heterocycles. The fraction of sp³-hybridized carbons (Fsp3) is 0.226. The number of hydrogen-bond acceptors (Lipinski definition) is 5. The fourth-order valence-electron chi connectivity index (χ4n) is 4.33. The first kappa shape index (κ1) is 27.0. The maximum absolute atomic E-state index is 6.29. The second-order valence-electron chi connectivity index (χ2n) is 10.4. The van der Waals surface area contributed by atoms with Crippen LogP contribution in [0.15, 0.2) is 79.0 Å². The number of hydrogen-bond donors (Lipinski definition) is 2. The first-order valence-corrected chi connectivity index (χ1v) is 13.5. The van der Waals surface area contributed by atoms with Crippen LogP contribution in [-0.2, 0) is 16.8 Å². The van der Waals surface area contributed by atoms with Crippen molar-refractivity contribution in [3.63, 3.8) is 0 Å². The molecule has 200 valence electrons. The van der Waals surface area contributed by atoms with Gasteiger partial charge in [-0.15, -0.1) is 0 Å². The number of fused-ring (bicyclic) bond motifs is 1. The fourth-order valence-corrected chi connectivity index (χ4v) is 4.90. The van der Waals surface area contributed by atoms with E-state index < -0.39 is 0 Å². The summed E-state index contributed by atoms with van der Waals surface area (Å²) in [5, 5.41) is 4.52. The van der Waals surface area contributed by atoms with E-state index >= 15 is 0 Å². The minimum Gasteiger partial charge on any atom is -0.437 e. The van der Waals surface area contributed by atoms with Crippen LogP contribution < -0.4 is 10.1 Å². The molecule has 3 aromatic carbocycles. The third-order valence-corrected chi connectivity index (χ3v) is 6.76. The topological polar surface area (TPSA) is 72.1 Å². The Kier molecular flexibility index (Phi) is 7.80. The van der Waals surface area contributed by atoms with Crippen LogP contribution in [0.25, 0.3) is 11.0 Å². The molecule has 8 heteroatoms. The lowest BCUT2D eigenvalue weighted by Crippen LogP contribution is -2.12. The van der Waals surface area contributed by atoms with Crippen molar-refractivity contribution in [2.45, 2.75) is 45.8 Å². The van der Waals surface area contributed by atoms with Crippen molar-refractivity contribution < 1.29 is 9.47 Å². The lowest BCUT2D eigenvalue weighted by atomic mass is 9.86. The van der Waals surface area contributed by atoms with Gasteiger partial charge in [0.25, 0.3) is 0 Å². The van der Waals surface area contributed by atoms with E-state index in [1.807, 2.05) is 67.6 Å². The Morgan fingerprint density at radius 3 is 2.49 bits per heavy atom. The number of halogens is 2. The number of imidazole rings is 1. The van der Waals surface area contributed by atoms with Crippen LogP contribution in [0, 0.1) is 0 Å². The number of H-pyrrole nitrogens is 1. The van der Waals surface area contributed by atoms with Gasteiger partial charge < -0.3 is 19.8 Å². The molecule has 0 fully saturated rings. The Labute approximate surface area is 238 Å². The predicted octanol–water partition coefficient (Wildman–Crippen LogP) is 9.38. The summed E-state index contributed by atoms with van der Waals surface area (Å²) in [5.74, 6) is 1.83. The van der Waals surface area contributed by atoms with Crippen molar-refractivity contribution >= 4 is 45.9 Å². The molecule has 1 unspecified atom stereocenters. The summed E-state index contributed by atoms with van der Waals surface area (Å²) in [6.07, 6.45) is 1.57. The number of ether oxygens (including phenoxy) is 2. The van der Waals surface area contributed by atoms with E-state index in [0.717, 1.165) is 33.5 Å². The minimum absolute atomic E-state index is 0.0720. The van der Waals surface area contributed by atoms with Crippen LogP contribution in [0.2, 0.25) is 10.0 Å². The number of pyridine rings is 1. The van der Waals surface area contributed by atoms with Gasteiger partial charge in [-0.2, -0.15) is 0 Å². The Morgan fingerprint density at radius 1 is 0.949 bits per heavy atom. The normalized spacial score (nSPS) is 12.5. The summed E-state index contributed by atoms with van der Waals surface area (Å²) in [7, 11) is 0. The number of anilines is 2. The average molecular weight is 562 g/mol. The zero-order chi connectivity index (χ0) is 27.6. The minimum atomic E-state index is -0.145. The number of aromatic nitrogens is 3. The maximum Gasteiger partial charge on any atom is 0.243 e. The van der Waals surface area contributed by atoms with E-state index in [-0.39, 0.29) is 11.5 Å². The van der Waals surface area contributed by atoms with Crippen LogP contribution in [0.3, 0.4) is 0 Å². The summed E-state index contributed by atoms with van der Waals surface area (Å²) in [6, 6.07) is 23.3. The van der Waals surface area contributed by atoms with Gasteiger partial charge in [0.2, 0.25) is 11.8 Å². The number of rotatable bonds is 8. The largest absolute Gasteiger partial charge is 0.437 e. The highest BCUT2D eigenvalue weighted by Crippen LogP contribution is 2.36. The molecule has 2 N–H and O–H groups in total. The van der Waals surface area contributed by atoms with Gasteiger partial charge in [0.15, 0.2) is 0 Å². The summed E-state index contributed by atoms with van der Waals surface area (Å²) in [6.45, 7) is 8.89. The van der Waals surface area contributed by atoms with Gasteiger partial charge in [-0.3, -0.25) is 0 Å². The quantitative estimate of drug-likeness (QED) is 0.198. The highest BCUT2D eigenvalue weighted by atomic mass is 35.5. The van der Waals surface area contributed by atoms with E-state index in [1.54, 1.807) is 12.3 Å². The van der Waals surface area contributed by atoms with Gasteiger partial charge in [0, 0.05) is 21.8 Å². The van der Waals surface area contributed by atoms with Crippen molar-refractivity contribution in [2.75, 3.05) is 5.32 Å². The van der Waals surface area contributed by atoms with E-state index in [0.29, 0.717) is 34.2 Å². The second-order valence-corrected chi connectivity index (χ2v) is 11.3. The molecule has 1 atom stereocenters. The molecule has 2 aromatic heterocycles. The van der Waals surface area contributed by atoms with Crippen LogP contribution in [0.1, 0.15) is 50.5 Å². The molecule has 0 amide bonds. The zero-order valence-electron chi connectivity index (χ0n) is 22.3. The van der Waals surface area contributed by atoms with Gasteiger partial charge in [0.05, 0.1) is 23.7 Å². The summed E-state index contributed by atoms with van der Waals surface area (Å²) >= 11 is 12.2. The number of nitrogens with zero attached hydrogens (tertiary/aromatic N) is 2. The van der Waals surface area contributed by atoms with E-state index in [1.165, 1.54) is 0 Å². The SMILES string of the molecule is CC(OCc1cc(Cl)cc(Cl)c1)c1ccc2nc(Nc3cccnc3Oc3ccccc3C(C)(C)C)[nH]c2c1. The summed E-state index contributed by atoms with van der Waals surface area (Å²) < 4.78 is 12.4. The summed E-state index contributed by atoms with van der Waals surface area (Å²) in [4.78, 5) is 12.5. The lowest BCUT2D eigenvalue weighted by Gasteiger charge is -2.22. The molecule has 0 radical (unpaired) electrons. The second kappa shape index (κ2) is 11.3. The molecule has 0 aliphatic carbocycles. The molecule has 0 saturated carbocycles. The number of benzene rings is 3. The van der Waals surface area contributed by atoms with E-state index in [2.05, 4.69) is 42.1 Å². The molecule has 0 aliphatic heterocycles. The molecule has 39 heavy (non-hydrogen) atoms. The third-order valence-electron chi connectivity index (χ3n) is 6.32. The standard InChI is InChI=1S/C31H30Cl2N4O2/c1-19(38-18-20-14-22(32)17-23(33)15-20)21-11-12-25-27(16-21)37-30(35-25)36-26-9-7-13-34-29(26)39-28-10-6-5-8-24(28)31(2,3)4/h5-17,19H,18H2,1-4H3,(H2,35,36,37). The lowest BCUT2D eigenvalue weighted by molar-refractivity contribution is 0.0526. The van der Waals surface area contributed by atoms with Gasteiger partial charge in [-0.1, -0.05) is 68.2 Å². The highest BCUT2D eigenvalue weighted by Gasteiger charge is 2.20. The van der Waals surface area contributed by atoms with E-state index in [9.17, 15) is 0 Å². The van der Waals surface area contributed by atoms with Gasteiger partial charge in [-0.25, -0.2) is 9.97 Å². The number of nitrogens with one attached hydrogen (secondary N) is 2. The summed E-state index contributed by atoms with van der Waals surface area (Å²) in [5.41, 5.74) is 5.41. The highest BCUT2D eigenvalue weighted by molar-refractivity contribution is 6.34. The van der Waals surface area contributed by atoms with Crippen LogP contribution in [-0.4, -0.2) is 15.0 Å². The predicted molar refractivity (Wildman–Crippen MR) is 158 cm³/mol. The molecule has 0 aliphatic rings. The van der Waals surface area contributed by atoms with Crippen molar-refractivity contribution in [3.05, 3.63) is 106 Å². The zero-order valence-corrected chi connectivity index (χ0v) is 23.8. The van der Waals surface area contributed by atoms with Crippen LogP contribution >= 0.6 is 23.2 Å². The van der Waals surface area contributed by atoms with Crippen molar-refractivity contribution in [3.8, 4) is 11.6 Å². The van der Waals surface area contributed by atoms with Crippen LogP contribution in [0.5, 0.6) is 11.6 Å². The molecule has 2 heterocycles. The van der Waals surface area contributed by atoms with Gasteiger partial charge >= 0.3 is 0 Å². The Hall–Kier alpha value is -3.58. The number of aromatic amines is 1. The number of para-hydroxylation sites is 1. The Morgan fingerprint density at radius 2 is 1.72 bits per heavy atom. The monoisotopic (exact) mass is 560 g/mol. The van der Waals surface area contributed by atoms with Gasteiger partial charge in [-0.05, 0) is 72.0 Å². The molecule has 6 nitrogen and oxygen atoms in total. The first-order valence-electron chi connectivity index (χ1n) is 12.7. The molecular formula is C31H30Cl2N4O2. The molecule has 5 rings (SSSR count).